The fourth-order valence-electron chi connectivity index (χ4n) is 4.38. The molecule has 2 aromatic carbocycles. The number of rotatable bonds is 7. The third-order valence-corrected chi connectivity index (χ3v) is 6.84. The van der Waals surface area contributed by atoms with E-state index < -0.39 is 6.04 Å². The first kappa shape index (κ1) is 24.2. The number of nitrogens with one attached hydrogen (secondary N) is 3. The maximum atomic E-state index is 13.4. The Morgan fingerprint density at radius 1 is 1.09 bits per heavy atom. The number of carbonyl (C=O) groups is 2. The number of ether oxygens (including phenoxy) is 3. The number of hydrogen-bond acceptors (Lipinski definition) is 5. The van der Waals surface area contributed by atoms with Gasteiger partial charge in [0.1, 0.15) is 5.75 Å². The molecule has 1 aliphatic heterocycles. The van der Waals surface area contributed by atoms with E-state index in [1.807, 2.05) is 24.3 Å². The molecule has 8 nitrogen and oxygen atoms in total. The van der Waals surface area contributed by atoms with E-state index in [0.29, 0.717) is 34.2 Å². The van der Waals surface area contributed by atoms with E-state index in [-0.39, 0.29) is 18.0 Å². The van der Waals surface area contributed by atoms with Gasteiger partial charge in [0, 0.05) is 5.70 Å². The van der Waals surface area contributed by atoms with Gasteiger partial charge in [0.15, 0.2) is 11.5 Å². The Hall–Kier alpha value is -2.95. The molecule has 1 fully saturated rings. The lowest BCUT2D eigenvalue weighted by Gasteiger charge is -2.29. The van der Waals surface area contributed by atoms with E-state index >= 15 is 0 Å². The minimum atomic E-state index is -0.675. The molecule has 0 aromatic heterocycles. The van der Waals surface area contributed by atoms with Gasteiger partial charge in [-0.05, 0) is 85.0 Å². The summed E-state index contributed by atoms with van der Waals surface area (Å²) in [6.45, 7) is 1.71. The molecule has 2 aliphatic rings. The summed E-state index contributed by atoms with van der Waals surface area (Å²) < 4.78 is 18.1. The second kappa shape index (κ2) is 10.5. The molecular weight excluding hydrogens is 549 g/mol. The van der Waals surface area contributed by atoms with Crippen molar-refractivity contribution in [1.29, 1.82) is 0 Å². The van der Waals surface area contributed by atoms with Crippen LogP contribution in [-0.2, 0) is 4.79 Å². The molecule has 9 heteroatoms. The van der Waals surface area contributed by atoms with Crippen LogP contribution >= 0.6 is 22.6 Å². The number of amides is 3. The zero-order valence-corrected chi connectivity index (χ0v) is 21.5. The van der Waals surface area contributed by atoms with Gasteiger partial charge in [-0.15, -0.1) is 0 Å². The van der Waals surface area contributed by atoms with E-state index in [2.05, 4.69) is 38.5 Å². The Bertz CT molecular complexity index is 1130. The normalized spacial score (nSPS) is 18.2. The van der Waals surface area contributed by atoms with Crippen molar-refractivity contribution in [3.8, 4) is 17.2 Å². The molecule has 1 saturated carbocycles. The standard InChI is InChI=1S/C25H28IN3O5/c1-14-21(24(30)28-18-10-6-7-11-19(18)32-2)22(29-25(31)27-14)15-12-17(26)23(20(13-15)33-3)34-16-8-4-5-9-16/h6-7,10-13,16,22H,4-5,8-9H2,1-3H3,(H,28,30)(H2,27,29,31)/t22-/m1/s1. The van der Waals surface area contributed by atoms with Crippen molar-refractivity contribution in [1.82, 2.24) is 10.6 Å². The van der Waals surface area contributed by atoms with Crippen LogP contribution in [-0.4, -0.2) is 32.3 Å². The quantitative estimate of drug-likeness (QED) is 0.407. The van der Waals surface area contributed by atoms with Gasteiger partial charge in [0.05, 0.1) is 41.2 Å². The van der Waals surface area contributed by atoms with Gasteiger partial charge in [-0.1, -0.05) is 12.1 Å². The first-order chi connectivity index (χ1) is 16.4. The van der Waals surface area contributed by atoms with Gasteiger partial charge in [-0.25, -0.2) is 4.79 Å². The SMILES string of the molecule is COc1ccccc1NC(=O)C1=C(C)NC(=O)N[C@@H]1c1cc(I)c(OC2CCCC2)c(OC)c1. The molecule has 4 rings (SSSR count). The van der Waals surface area contributed by atoms with Crippen molar-refractivity contribution < 1.29 is 23.8 Å². The van der Waals surface area contributed by atoms with E-state index in [1.54, 1.807) is 33.3 Å². The topological polar surface area (TPSA) is 97.9 Å². The summed E-state index contributed by atoms with van der Waals surface area (Å²) in [5.74, 6) is 1.46. The van der Waals surface area contributed by atoms with Gasteiger partial charge < -0.3 is 30.2 Å². The van der Waals surface area contributed by atoms with E-state index in [9.17, 15) is 9.59 Å². The molecule has 1 heterocycles. The van der Waals surface area contributed by atoms with E-state index in [4.69, 9.17) is 14.2 Å². The van der Waals surface area contributed by atoms with Crippen LogP contribution in [0.25, 0.3) is 0 Å². The van der Waals surface area contributed by atoms with Crippen molar-refractivity contribution in [3.05, 3.63) is 56.8 Å². The number of hydrogen-bond donors (Lipinski definition) is 3. The van der Waals surface area contributed by atoms with Gasteiger partial charge in [0.2, 0.25) is 0 Å². The fourth-order valence-corrected chi connectivity index (χ4v) is 5.13. The largest absolute Gasteiger partial charge is 0.495 e. The number of para-hydroxylation sites is 2. The Labute approximate surface area is 212 Å². The van der Waals surface area contributed by atoms with Crippen LogP contribution in [0.3, 0.4) is 0 Å². The zero-order chi connectivity index (χ0) is 24.2. The summed E-state index contributed by atoms with van der Waals surface area (Å²) in [4.78, 5) is 25.8. The Morgan fingerprint density at radius 3 is 2.50 bits per heavy atom. The molecule has 0 bridgehead atoms. The molecule has 3 amide bonds. The van der Waals surface area contributed by atoms with Gasteiger partial charge in [-0.3, -0.25) is 4.79 Å². The highest BCUT2D eigenvalue weighted by Gasteiger charge is 2.33. The maximum absolute atomic E-state index is 13.4. The Morgan fingerprint density at radius 2 is 1.79 bits per heavy atom. The number of anilines is 1. The molecule has 1 aliphatic carbocycles. The number of allylic oxidation sites excluding steroid dienone is 1. The monoisotopic (exact) mass is 577 g/mol. The summed E-state index contributed by atoms with van der Waals surface area (Å²) in [5, 5.41) is 8.49. The second-order valence-corrected chi connectivity index (χ2v) is 9.45. The smallest absolute Gasteiger partial charge is 0.319 e. The predicted molar refractivity (Wildman–Crippen MR) is 137 cm³/mol. The lowest BCUT2D eigenvalue weighted by molar-refractivity contribution is -0.113. The maximum Gasteiger partial charge on any atom is 0.319 e. The molecule has 0 saturated heterocycles. The summed E-state index contributed by atoms with van der Waals surface area (Å²) in [5.41, 5.74) is 2.13. The van der Waals surface area contributed by atoms with Crippen LogP contribution in [0.5, 0.6) is 17.2 Å². The van der Waals surface area contributed by atoms with Crippen molar-refractivity contribution in [2.24, 2.45) is 0 Å². The third-order valence-electron chi connectivity index (χ3n) is 6.04. The second-order valence-electron chi connectivity index (χ2n) is 8.28. The highest BCUT2D eigenvalue weighted by atomic mass is 127. The van der Waals surface area contributed by atoms with Crippen molar-refractivity contribution in [2.75, 3.05) is 19.5 Å². The number of benzene rings is 2. The Balaban J connectivity index is 1.68. The number of halogens is 1. The summed E-state index contributed by atoms with van der Waals surface area (Å²) in [6, 6.07) is 9.87. The molecule has 0 spiro atoms. The summed E-state index contributed by atoms with van der Waals surface area (Å²) in [6.07, 6.45) is 4.56. The van der Waals surface area contributed by atoms with Gasteiger partial charge >= 0.3 is 6.03 Å². The van der Waals surface area contributed by atoms with Crippen molar-refractivity contribution in [2.45, 2.75) is 44.8 Å². The zero-order valence-electron chi connectivity index (χ0n) is 19.4. The van der Waals surface area contributed by atoms with Crippen LogP contribution in [0.15, 0.2) is 47.7 Å². The minimum absolute atomic E-state index is 0.177. The molecule has 1 atom stereocenters. The lowest BCUT2D eigenvalue weighted by Crippen LogP contribution is -2.46. The molecule has 3 N–H and O–H groups in total. The number of methoxy groups -OCH3 is 2. The Kier molecular flexibility index (Phi) is 7.50. The molecule has 34 heavy (non-hydrogen) atoms. The van der Waals surface area contributed by atoms with Crippen LogP contribution in [0.2, 0.25) is 0 Å². The van der Waals surface area contributed by atoms with E-state index in [1.165, 1.54) is 0 Å². The lowest BCUT2D eigenvalue weighted by atomic mass is 9.94. The average molecular weight is 577 g/mol. The predicted octanol–water partition coefficient (Wildman–Crippen LogP) is 4.90. The van der Waals surface area contributed by atoms with Crippen LogP contribution in [0, 0.1) is 3.57 Å². The summed E-state index contributed by atoms with van der Waals surface area (Å²) >= 11 is 2.21. The van der Waals surface area contributed by atoms with Crippen molar-refractivity contribution in [3.63, 3.8) is 0 Å². The first-order valence-electron chi connectivity index (χ1n) is 11.2. The highest BCUT2D eigenvalue weighted by molar-refractivity contribution is 14.1. The van der Waals surface area contributed by atoms with Gasteiger partial charge in [-0.2, -0.15) is 0 Å². The molecular formula is C25H28IN3O5. The fraction of sp³-hybridized carbons (Fsp3) is 0.360. The van der Waals surface area contributed by atoms with E-state index in [0.717, 1.165) is 34.8 Å². The van der Waals surface area contributed by atoms with Crippen LogP contribution < -0.4 is 30.2 Å². The third kappa shape index (κ3) is 5.08. The molecule has 0 radical (unpaired) electrons. The minimum Gasteiger partial charge on any atom is -0.495 e. The highest BCUT2D eigenvalue weighted by Crippen LogP contribution is 2.40. The van der Waals surface area contributed by atoms with Gasteiger partial charge in [0.25, 0.3) is 5.91 Å². The average Bonchev–Trinajstić information content (AvgIpc) is 3.33. The number of urea groups is 1. The molecule has 0 unspecified atom stereocenters. The van der Waals surface area contributed by atoms with Crippen LogP contribution in [0.1, 0.15) is 44.2 Å². The molecule has 2 aromatic rings. The first-order valence-corrected chi connectivity index (χ1v) is 12.3. The van der Waals surface area contributed by atoms with Crippen LogP contribution in [0.4, 0.5) is 10.5 Å². The number of carbonyl (C=O) groups excluding carboxylic acids is 2. The molecule has 180 valence electrons. The summed E-state index contributed by atoms with van der Waals surface area (Å²) in [7, 11) is 3.14. The van der Waals surface area contributed by atoms with Crippen molar-refractivity contribution >= 4 is 40.2 Å².